The molecule has 3 aliphatic carbocycles. The fourth-order valence-corrected chi connectivity index (χ4v) is 20.5. The van der Waals surface area contributed by atoms with E-state index in [9.17, 15) is 0 Å². The zero-order valence-corrected chi connectivity index (χ0v) is 62.8. The van der Waals surface area contributed by atoms with Gasteiger partial charge in [-0.05, 0) is 277 Å². The van der Waals surface area contributed by atoms with E-state index in [0.29, 0.717) is 0 Å². The molecular formula is C99H91BN2S. The Morgan fingerprint density at radius 2 is 0.621 bits per heavy atom. The largest absolute Gasteiger partial charge is 0.311 e. The molecule has 0 radical (unpaired) electrons. The van der Waals surface area contributed by atoms with E-state index in [0.717, 1.165) is 83.1 Å². The Bertz CT molecular complexity index is 5150. The van der Waals surface area contributed by atoms with Crippen molar-refractivity contribution >= 4 is 67.9 Å². The molecule has 0 saturated heterocycles. The van der Waals surface area contributed by atoms with Crippen LogP contribution in [0.5, 0.6) is 0 Å². The van der Waals surface area contributed by atoms with Gasteiger partial charge in [0.25, 0.3) is 6.71 Å². The van der Waals surface area contributed by atoms with Crippen LogP contribution in [0.2, 0.25) is 0 Å². The molecule has 0 bridgehead atoms. The number of rotatable bonds is 17. The molecular weight excluding hydrogens is 1260 g/mol. The van der Waals surface area contributed by atoms with Crippen molar-refractivity contribution in [2.75, 3.05) is 9.80 Å². The van der Waals surface area contributed by atoms with Crippen molar-refractivity contribution < 1.29 is 0 Å². The molecule has 16 rings (SSSR count). The number of fused-ring (bicyclic) bond motifs is 12. The quantitative estimate of drug-likeness (QED) is 0.0662. The van der Waals surface area contributed by atoms with Crippen LogP contribution in [0.25, 0.3) is 55.6 Å². The number of hydrogen-bond acceptors (Lipinski definition) is 3. The number of nitrogens with zero attached hydrogens (tertiary/aromatic N) is 2. The zero-order valence-electron chi connectivity index (χ0n) is 61.9. The summed E-state index contributed by atoms with van der Waals surface area (Å²) in [5.41, 5.74) is 40.4. The summed E-state index contributed by atoms with van der Waals surface area (Å²) < 4.78 is 1.34. The van der Waals surface area contributed by atoms with E-state index in [1.165, 1.54) is 121 Å². The molecule has 13 aromatic rings. The highest BCUT2D eigenvalue weighted by molar-refractivity contribution is 7.27. The average molecular weight is 1350 g/mol. The van der Waals surface area contributed by atoms with Gasteiger partial charge in [-0.25, -0.2) is 0 Å². The molecule has 103 heavy (non-hydrogen) atoms. The highest BCUT2D eigenvalue weighted by Gasteiger charge is 2.56. The molecule has 0 spiro atoms. The number of benzene rings is 12. The smallest absolute Gasteiger partial charge is 0.255 e. The van der Waals surface area contributed by atoms with Gasteiger partial charge in [0, 0.05) is 55.9 Å². The lowest BCUT2D eigenvalue weighted by Gasteiger charge is -2.37. The Balaban J connectivity index is 0.867. The highest BCUT2D eigenvalue weighted by Crippen LogP contribution is 2.71. The normalized spacial score (nSPS) is 13.6. The summed E-state index contributed by atoms with van der Waals surface area (Å²) in [6.45, 7) is 28.6. The molecule has 0 fully saturated rings. The maximum absolute atomic E-state index is 3.85. The second kappa shape index (κ2) is 26.7. The van der Waals surface area contributed by atoms with E-state index in [1.54, 1.807) is 16.7 Å². The number of hydrogen-bond donors (Lipinski definition) is 0. The molecule has 1 heterocycles. The maximum Gasteiger partial charge on any atom is 0.255 e. The summed E-state index contributed by atoms with van der Waals surface area (Å²) in [5.74, 6) is 7.66. The molecule has 4 heteroatoms. The predicted molar refractivity (Wildman–Crippen MR) is 443 cm³/mol. The third kappa shape index (κ3) is 10.8. The maximum atomic E-state index is 3.85. The van der Waals surface area contributed by atoms with Crippen molar-refractivity contribution in [1.82, 2.24) is 0 Å². The summed E-state index contributed by atoms with van der Waals surface area (Å²) in [6.07, 6.45) is 5.84. The Morgan fingerprint density at radius 1 is 0.311 bits per heavy atom. The lowest BCUT2D eigenvalue weighted by molar-refractivity contribution is 0.473. The summed E-state index contributed by atoms with van der Waals surface area (Å²) in [7, 11) is 0. The van der Waals surface area contributed by atoms with Crippen molar-refractivity contribution in [3.8, 4) is 67.5 Å². The first-order valence-electron chi connectivity index (χ1n) is 37.7. The van der Waals surface area contributed by atoms with Crippen LogP contribution >= 0.6 is 11.3 Å². The average Bonchev–Trinajstić information content (AvgIpc) is 1.48. The monoisotopic (exact) mass is 1350 g/mol. The summed E-state index contributed by atoms with van der Waals surface area (Å²) in [5, 5.41) is 0. The summed E-state index contributed by atoms with van der Waals surface area (Å²) in [4.78, 5) is 5.81. The summed E-state index contributed by atoms with van der Waals surface area (Å²) >= 11 is 1.86. The van der Waals surface area contributed by atoms with Gasteiger partial charge in [-0.2, -0.15) is 0 Å². The van der Waals surface area contributed by atoms with Gasteiger partial charge in [0.05, 0.1) is 4.88 Å². The Hall–Kier alpha value is -10.4. The van der Waals surface area contributed by atoms with Crippen LogP contribution in [0.15, 0.2) is 261 Å². The van der Waals surface area contributed by atoms with Crippen LogP contribution in [0.1, 0.15) is 157 Å². The van der Waals surface area contributed by atoms with Crippen LogP contribution in [-0.4, -0.2) is 6.71 Å². The minimum Gasteiger partial charge on any atom is -0.311 e. The number of para-hydroxylation sites is 4. The molecule has 3 aliphatic rings. The standard InChI is InChI=1S/C99H91BN2S/c1-13-97(14-2)85-61-70(39-51-81-52-56-88(103-81)100(95-66(9)57-64(7)58-67(95)10)96-68(11)59-65(8)60-69(96)12)40-53-82(85)89-92(97)90-83-54-45-73(71-41-47-79(48-42-71)101(75-31-23-19-24-32-75)76-33-25-20-26-34-76)62-86(83)99(17-5,18-6)94(90)91-84-55-46-74(63-87(84)98(15-3,16-4)93(89)91)72-43-49-80(50-44-72)102(77-35-27-21-28-36-77)78-37-29-22-30-38-78/h19-38,40-50,52-63H,13-18H2,1-12H3. The fourth-order valence-electron chi connectivity index (χ4n) is 19.5. The minimum absolute atomic E-state index is 0.108. The van der Waals surface area contributed by atoms with Crippen LogP contribution in [-0.2, 0) is 16.2 Å². The van der Waals surface area contributed by atoms with Crippen molar-refractivity contribution in [2.45, 2.75) is 138 Å². The van der Waals surface area contributed by atoms with Crippen molar-refractivity contribution in [1.29, 1.82) is 0 Å². The molecule has 0 amide bonds. The SMILES string of the molecule is CCC1(CC)c2cc(C#Cc3ccc(B(c4c(C)cc(C)cc4C)c4c(C)cc(C)cc4C)s3)ccc2-c2c1c1c(c3c2C(CC)(CC)c2cc(-c4ccc(N(c5ccccc5)c5ccccc5)cc4)ccc2-3)C(CC)(CC)c2cc(-c3ccc(N(c4ccccc4)c4ccccc4)cc3)ccc2-1. The zero-order chi connectivity index (χ0) is 71.1. The van der Waals surface area contributed by atoms with Gasteiger partial charge in [0.1, 0.15) is 0 Å². The lowest BCUT2D eigenvalue weighted by atomic mass is 9.37. The van der Waals surface area contributed by atoms with E-state index in [-0.39, 0.29) is 23.0 Å². The van der Waals surface area contributed by atoms with Gasteiger partial charge < -0.3 is 9.80 Å². The highest BCUT2D eigenvalue weighted by atomic mass is 32.1. The fraction of sp³-hybridized carbons (Fsp3) is 0.212. The summed E-state index contributed by atoms with van der Waals surface area (Å²) in [6, 6.07) is 98.3. The van der Waals surface area contributed by atoms with Crippen molar-refractivity contribution in [2.24, 2.45) is 0 Å². The minimum atomic E-state index is -0.284. The van der Waals surface area contributed by atoms with Crippen LogP contribution < -0.4 is 25.5 Å². The number of thiophene rings is 1. The van der Waals surface area contributed by atoms with Crippen LogP contribution in [0.3, 0.4) is 0 Å². The Kier molecular flexibility index (Phi) is 17.4. The molecule has 12 aromatic carbocycles. The Labute approximate surface area is 616 Å². The van der Waals surface area contributed by atoms with Gasteiger partial charge in [-0.1, -0.05) is 255 Å². The van der Waals surface area contributed by atoms with Gasteiger partial charge >= 0.3 is 0 Å². The van der Waals surface area contributed by atoms with E-state index in [4.69, 9.17) is 0 Å². The molecule has 0 saturated carbocycles. The second-order valence-electron chi connectivity index (χ2n) is 29.5. The molecule has 0 unspecified atom stereocenters. The molecule has 0 aliphatic heterocycles. The van der Waals surface area contributed by atoms with Gasteiger partial charge in [-0.3, -0.25) is 0 Å². The molecule has 2 nitrogen and oxygen atoms in total. The van der Waals surface area contributed by atoms with E-state index in [1.807, 2.05) is 11.3 Å². The third-order valence-electron chi connectivity index (χ3n) is 24.2. The molecule has 1 aromatic heterocycles. The molecule has 0 atom stereocenters. The van der Waals surface area contributed by atoms with Gasteiger partial charge in [-0.15, -0.1) is 11.3 Å². The third-order valence-corrected chi connectivity index (χ3v) is 25.3. The molecule has 506 valence electrons. The van der Waals surface area contributed by atoms with Crippen LogP contribution in [0, 0.1) is 53.4 Å². The first-order valence-corrected chi connectivity index (χ1v) is 38.5. The molecule has 0 N–H and O–H groups in total. The second-order valence-corrected chi connectivity index (χ2v) is 30.6. The van der Waals surface area contributed by atoms with Gasteiger partial charge in [0.2, 0.25) is 0 Å². The van der Waals surface area contributed by atoms with Gasteiger partial charge in [0.15, 0.2) is 0 Å². The van der Waals surface area contributed by atoms with Crippen molar-refractivity contribution in [3.63, 3.8) is 0 Å². The van der Waals surface area contributed by atoms with Crippen LogP contribution in [0.4, 0.5) is 34.1 Å². The number of aryl methyl sites for hydroxylation is 6. The van der Waals surface area contributed by atoms with E-state index < -0.39 is 0 Å². The first-order chi connectivity index (χ1) is 50.2. The predicted octanol–water partition coefficient (Wildman–Crippen LogP) is 25.0. The lowest BCUT2D eigenvalue weighted by Crippen LogP contribution is -2.54. The van der Waals surface area contributed by atoms with E-state index in [2.05, 4.69) is 366 Å². The van der Waals surface area contributed by atoms with E-state index >= 15 is 0 Å². The number of anilines is 6. The topological polar surface area (TPSA) is 6.48 Å². The Morgan fingerprint density at radius 3 is 0.961 bits per heavy atom. The first kappa shape index (κ1) is 67.1. The van der Waals surface area contributed by atoms with Crippen molar-refractivity contribution in [3.05, 3.63) is 338 Å².